The second-order valence-corrected chi connectivity index (χ2v) is 6.88. The first-order valence-electron chi connectivity index (χ1n) is 7.77. The Morgan fingerprint density at radius 2 is 1.87 bits per heavy atom. The lowest BCUT2D eigenvalue weighted by atomic mass is 10.0. The smallest absolute Gasteiger partial charge is 0.306 e. The van der Waals surface area contributed by atoms with Crippen molar-refractivity contribution >= 4 is 23.2 Å². The van der Waals surface area contributed by atoms with Gasteiger partial charge in [-0.2, -0.15) is 0 Å². The van der Waals surface area contributed by atoms with Crippen molar-refractivity contribution in [3.05, 3.63) is 47.3 Å². The molecule has 1 fully saturated rings. The zero-order chi connectivity index (χ0) is 16.2. The number of nitrogens with one attached hydrogen (secondary N) is 1. The number of carbonyl (C=O) groups is 2. The average molecular weight is 329 g/mol. The van der Waals surface area contributed by atoms with Crippen LogP contribution in [0.5, 0.6) is 0 Å². The molecule has 3 rings (SSSR count). The summed E-state index contributed by atoms with van der Waals surface area (Å²) in [6.45, 7) is 0.484. The molecule has 1 amide bonds. The Morgan fingerprint density at radius 1 is 1.13 bits per heavy atom. The first kappa shape index (κ1) is 15.7. The fraction of sp³-hybridized carbons (Fsp3) is 0.333. The van der Waals surface area contributed by atoms with Gasteiger partial charge in [0.1, 0.15) is 0 Å². The highest BCUT2D eigenvalue weighted by atomic mass is 32.1. The second kappa shape index (κ2) is 6.96. The number of benzene rings is 1. The number of hydrogen-bond acceptors (Lipinski definition) is 3. The van der Waals surface area contributed by atoms with Crippen molar-refractivity contribution in [1.29, 1.82) is 0 Å². The van der Waals surface area contributed by atoms with Gasteiger partial charge < -0.3 is 10.4 Å². The third-order valence-electron chi connectivity index (χ3n) is 4.38. The average Bonchev–Trinajstić information content (AvgIpc) is 3.24. The molecule has 4 nitrogen and oxygen atoms in total. The summed E-state index contributed by atoms with van der Waals surface area (Å²) in [5, 5.41) is 14.0. The van der Waals surface area contributed by atoms with E-state index in [0.717, 1.165) is 5.56 Å². The molecule has 1 saturated carbocycles. The molecule has 23 heavy (non-hydrogen) atoms. The predicted molar refractivity (Wildman–Crippen MR) is 90.1 cm³/mol. The molecule has 0 saturated heterocycles. The maximum absolute atomic E-state index is 12.1. The zero-order valence-corrected chi connectivity index (χ0v) is 13.5. The number of carboxylic acid groups (broad SMARTS) is 1. The first-order chi connectivity index (χ1) is 11.1. The minimum absolute atomic E-state index is 0.0314. The van der Waals surface area contributed by atoms with Crippen LogP contribution in [0, 0.1) is 11.8 Å². The highest BCUT2D eigenvalue weighted by molar-refractivity contribution is 7.13. The van der Waals surface area contributed by atoms with Gasteiger partial charge in [0, 0.05) is 17.3 Å². The molecule has 0 unspecified atom stereocenters. The standard InChI is InChI=1S/C18H19NO3S/c20-17(14-7-8-15(10-14)18(21)22)19-11-12-3-5-13(6-4-12)16-2-1-9-23-16/h1-6,9,14-15H,7-8,10-11H2,(H,19,20)(H,21,22)/t14-,15+/m0/s1. The number of carboxylic acids is 1. The summed E-state index contributed by atoms with van der Waals surface area (Å²) >= 11 is 1.70. The van der Waals surface area contributed by atoms with E-state index in [2.05, 4.69) is 28.9 Å². The van der Waals surface area contributed by atoms with Crippen LogP contribution < -0.4 is 5.32 Å². The van der Waals surface area contributed by atoms with Gasteiger partial charge in [0.15, 0.2) is 0 Å². The lowest BCUT2D eigenvalue weighted by molar-refractivity contribution is -0.141. The molecule has 1 aliphatic rings. The van der Waals surface area contributed by atoms with Crippen molar-refractivity contribution in [3.63, 3.8) is 0 Å². The van der Waals surface area contributed by atoms with E-state index in [1.807, 2.05) is 18.2 Å². The van der Waals surface area contributed by atoms with Crippen LogP contribution in [-0.2, 0) is 16.1 Å². The quantitative estimate of drug-likeness (QED) is 0.882. The van der Waals surface area contributed by atoms with E-state index in [1.165, 1.54) is 10.4 Å². The van der Waals surface area contributed by atoms with Crippen LogP contribution in [0.4, 0.5) is 0 Å². The molecule has 0 aliphatic heterocycles. The molecule has 0 bridgehead atoms. The lowest BCUT2D eigenvalue weighted by Gasteiger charge is -2.11. The van der Waals surface area contributed by atoms with Gasteiger partial charge in [0.2, 0.25) is 5.91 Å². The van der Waals surface area contributed by atoms with Crippen LogP contribution >= 0.6 is 11.3 Å². The summed E-state index contributed by atoms with van der Waals surface area (Å²) in [6, 6.07) is 12.3. The molecule has 5 heteroatoms. The number of thiophene rings is 1. The lowest BCUT2D eigenvalue weighted by Crippen LogP contribution is -2.29. The van der Waals surface area contributed by atoms with E-state index in [9.17, 15) is 9.59 Å². The van der Waals surface area contributed by atoms with Gasteiger partial charge in [-0.1, -0.05) is 30.3 Å². The van der Waals surface area contributed by atoms with E-state index in [0.29, 0.717) is 25.8 Å². The second-order valence-electron chi connectivity index (χ2n) is 5.94. The van der Waals surface area contributed by atoms with E-state index < -0.39 is 5.97 Å². The van der Waals surface area contributed by atoms with Gasteiger partial charge in [-0.3, -0.25) is 9.59 Å². The number of hydrogen-bond donors (Lipinski definition) is 2. The molecule has 1 aromatic heterocycles. The minimum Gasteiger partial charge on any atom is -0.481 e. The van der Waals surface area contributed by atoms with Gasteiger partial charge in [-0.25, -0.2) is 0 Å². The monoisotopic (exact) mass is 329 g/mol. The molecule has 1 heterocycles. The van der Waals surface area contributed by atoms with Crippen LogP contribution in [0.2, 0.25) is 0 Å². The van der Waals surface area contributed by atoms with Gasteiger partial charge in [-0.05, 0) is 41.8 Å². The molecule has 2 N–H and O–H groups in total. The third-order valence-corrected chi connectivity index (χ3v) is 5.30. The number of rotatable bonds is 5. The summed E-state index contributed by atoms with van der Waals surface area (Å²) in [7, 11) is 0. The molecular formula is C18H19NO3S. The van der Waals surface area contributed by atoms with E-state index in [4.69, 9.17) is 5.11 Å². The zero-order valence-electron chi connectivity index (χ0n) is 12.7. The fourth-order valence-corrected chi connectivity index (χ4v) is 3.74. The molecule has 1 aliphatic carbocycles. The van der Waals surface area contributed by atoms with Crippen LogP contribution in [0.1, 0.15) is 24.8 Å². The van der Waals surface area contributed by atoms with Crippen molar-refractivity contribution in [1.82, 2.24) is 5.32 Å². The summed E-state index contributed by atoms with van der Waals surface area (Å²) in [5.74, 6) is -1.35. The van der Waals surface area contributed by atoms with E-state index in [-0.39, 0.29) is 17.7 Å². The highest BCUT2D eigenvalue weighted by Gasteiger charge is 2.33. The summed E-state index contributed by atoms with van der Waals surface area (Å²) in [4.78, 5) is 24.3. The minimum atomic E-state index is -0.788. The Labute approximate surface area is 139 Å². The molecule has 2 aromatic rings. The Balaban J connectivity index is 1.52. The van der Waals surface area contributed by atoms with Gasteiger partial charge >= 0.3 is 5.97 Å². The SMILES string of the molecule is O=C(O)[C@@H]1CC[C@H](C(=O)NCc2ccc(-c3cccs3)cc2)C1. The first-order valence-corrected chi connectivity index (χ1v) is 8.65. The summed E-state index contributed by atoms with van der Waals surface area (Å²) in [6.07, 6.45) is 1.72. The summed E-state index contributed by atoms with van der Waals surface area (Å²) < 4.78 is 0. The van der Waals surface area contributed by atoms with Crippen molar-refractivity contribution in [2.24, 2.45) is 11.8 Å². The van der Waals surface area contributed by atoms with Gasteiger partial charge in [0.25, 0.3) is 0 Å². The normalized spacial score (nSPS) is 20.3. The largest absolute Gasteiger partial charge is 0.481 e. The maximum Gasteiger partial charge on any atom is 0.306 e. The van der Waals surface area contributed by atoms with Crippen molar-refractivity contribution in [3.8, 4) is 10.4 Å². The van der Waals surface area contributed by atoms with Crippen LogP contribution in [0.25, 0.3) is 10.4 Å². The predicted octanol–water partition coefficient (Wildman–Crippen LogP) is 3.53. The molecular weight excluding hydrogens is 310 g/mol. The topological polar surface area (TPSA) is 66.4 Å². The van der Waals surface area contributed by atoms with Crippen molar-refractivity contribution < 1.29 is 14.7 Å². The third kappa shape index (κ3) is 3.79. The molecule has 120 valence electrons. The van der Waals surface area contributed by atoms with Gasteiger partial charge in [-0.15, -0.1) is 11.3 Å². The number of amides is 1. The van der Waals surface area contributed by atoms with E-state index >= 15 is 0 Å². The Kier molecular flexibility index (Phi) is 4.76. The Morgan fingerprint density at radius 3 is 2.48 bits per heavy atom. The van der Waals surface area contributed by atoms with Crippen molar-refractivity contribution in [2.75, 3.05) is 0 Å². The molecule has 1 aromatic carbocycles. The van der Waals surface area contributed by atoms with Crippen LogP contribution in [-0.4, -0.2) is 17.0 Å². The fourth-order valence-electron chi connectivity index (χ4n) is 3.01. The van der Waals surface area contributed by atoms with E-state index in [1.54, 1.807) is 11.3 Å². The number of aliphatic carboxylic acids is 1. The maximum atomic E-state index is 12.1. The van der Waals surface area contributed by atoms with Crippen molar-refractivity contribution in [2.45, 2.75) is 25.8 Å². The van der Waals surface area contributed by atoms with Gasteiger partial charge in [0.05, 0.1) is 5.92 Å². The molecule has 0 radical (unpaired) electrons. The number of carbonyl (C=O) groups excluding carboxylic acids is 1. The van der Waals surface area contributed by atoms with Crippen LogP contribution in [0.15, 0.2) is 41.8 Å². The Hall–Kier alpha value is -2.14. The Bertz CT molecular complexity index is 679. The molecule has 0 spiro atoms. The summed E-state index contributed by atoms with van der Waals surface area (Å²) in [5.41, 5.74) is 2.22. The molecule has 2 atom stereocenters. The van der Waals surface area contributed by atoms with Crippen LogP contribution in [0.3, 0.4) is 0 Å². The highest BCUT2D eigenvalue weighted by Crippen LogP contribution is 2.31.